The lowest BCUT2D eigenvalue weighted by atomic mass is 10.1. The summed E-state index contributed by atoms with van der Waals surface area (Å²) in [6.45, 7) is 0.578. The summed E-state index contributed by atoms with van der Waals surface area (Å²) < 4.78 is 49.3. The zero-order valence-corrected chi connectivity index (χ0v) is 14.2. The van der Waals surface area contributed by atoms with Crippen LogP contribution in [0.5, 0.6) is 0 Å². The van der Waals surface area contributed by atoms with Gasteiger partial charge in [-0.15, -0.1) is 0 Å². The number of aromatic nitrogens is 3. The Morgan fingerprint density at radius 3 is 2.41 bits per heavy atom. The van der Waals surface area contributed by atoms with E-state index >= 15 is 0 Å². The second kappa shape index (κ2) is 6.81. The van der Waals surface area contributed by atoms with Crippen molar-refractivity contribution in [3.63, 3.8) is 0 Å². The monoisotopic (exact) mass is 377 g/mol. The van der Waals surface area contributed by atoms with E-state index in [-0.39, 0.29) is 12.1 Å². The molecule has 0 bridgehead atoms. The highest BCUT2D eigenvalue weighted by Gasteiger charge is 2.43. The summed E-state index contributed by atoms with van der Waals surface area (Å²) in [6, 6.07) is 19.1. The molecule has 5 rings (SSSR count). The van der Waals surface area contributed by atoms with E-state index in [1.54, 1.807) is 0 Å². The average Bonchev–Trinajstić information content (AvgIpc) is 3.21. The van der Waals surface area contributed by atoms with E-state index in [2.05, 4.69) is 47.3 Å². The molecule has 0 saturated heterocycles. The van der Waals surface area contributed by atoms with Crippen molar-refractivity contribution < 1.29 is 26.6 Å². The third kappa shape index (κ3) is 3.73. The molecule has 0 spiro atoms. The lowest BCUT2D eigenvalue weighted by molar-refractivity contribution is -0.739. The van der Waals surface area contributed by atoms with Gasteiger partial charge >= 0.3 is 13.1 Å². The van der Waals surface area contributed by atoms with Crippen LogP contribution in [0.4, 0.5) is 17.3 Å². The molecule has 140 valence electrons. The Bertz CT molecular complexity index is 939. The predicted molar refractivity (Wildman–Crippen MR) is 90.8 cm³/mol. The summed E-state index contributed by atoms with van der Waals surface area (Å²) in [5.74, 6) is 0.988. The Morgan fingerprint density at radius 2 is 1.67 bits per heavy atom. The molecule has 27 heavy (non-hydrogen) atoms. The molecule has 1 aliphatic carbocycles. The second-order valence-corrected chi connectivity index (χ2v) is 6.41. The largest absolute Gasteiger partial charge is 0.673 e. The van der Waals surface area contributed by atoms with Crippen LogP contribution in [0, 0.1) is 0 Å². The molecule has 2 aliphatic rings. The first-order chi connectivity index (χ1) is 12.9. The van der Waals surface area contributed by atoms with Gasteiger partial charge in [-0.2, -0.15) is 0 Å². The number of benzene rings is 2. The minimum atomic E-state index is -6.00. The van der Waals surface area contributed by atoms with Gasteiger partial charge in [-0.05, 0) is 23.3 Å². The van der Waals surface area contributed by atoms with E-state index in [4.69, 9.17) is 9.84 Å². The highest BCUT2D eigenvalue weighted by atomic mass is 19.5. The Kier molecular flexibility index (Phi) is 4.47. The molecular formula is C18H16BF4N3O. The number of ether oxygens (including phenoxy) is 1. The molecule has 2 aromatic carbocycles. The molecule has 0 fully saturated rings. The lowest BCUT2D eigenvalue weighted by Crippen LogP contribution is -2.51. The summed E-state index contributed by atoms with van der Waals surface area (Å²) in [4.78, 5) is 0. The van der Waals surface area contributed by atoms with Gasteiger partial charge < -0.3 is 22.0 Å². The highest BCUT2D eigenvalue weighted by molar-refractivity contribution is 6.50. The van der Waals surface area contributed by atoms with Gasteiger partial charge in [0.2, 0.25) is 6.33 Å². The number of hydrogen-bond acceptors (Lipinski definition) is 2. The molecule has 1 aliphatic heterocycles. The lowest BCUT2D eigenvalue weighted by Gasteiger charge is -2.23. The van der Waals surface area contributed by atoms with Crippen molar-refractivity contribution in [2.75, 3.05) is 0 Å². The van der Waals surface area contributed by atoms with Crippen molar-refractivity contribution in [2.24, 2.45) is 0 Å². The fraction of sp³-hybridized carbons (Fsp3) is 0.222. The Balaban J connectivity index is 0.000000323. The summed E-state index contributed by atoms with van der Waals surface area (Å²) in [5.41, 5.74) is 3.84. The van der Waals surface area contributed by atoms with E-state index in [1.165, 1.54) is 11.1 Å². The van der Waals surface area contributed by atoms with Crippen LogP contribution >= 0.6 is 0 Å². The zero-order chi connectivity index (χ0) is 19.0. The molecule has 0 amide bonds. The van der Waals surface area contributed by atoms with Gasteiger partial charge in [-0.3, -0.25) is 0 Å². The highest BCUT2D eigenvalue weighted by Crippen LogP contribution is 2.35. The number of halogens is 4. The smallest absolute Gasteiger partial charge is 0.418 e. The molecule has 3 aromatic rings. The van der Waals surface area contributed by atoms with Crippen molar-refractivity contribution in [3.05, 3.63) is 77.9 Å². The first-order valence-corrected chi connectivity index (χ1v) is 8.52. The topological polar surface area (TPSA) is 30.9 Å². The third-order valence-electron chi connectivity index (χ3n) is 4.65. The normalized spacial score (nSPS) is 20.1. The van der Waals surface area contributed by atoms with Crippen LogP contribution in [0.2, 0.25) is 0 Å². The van der Waals surface area contributed by atoms with Gasteiger partial charge in [0.15, 0.2) is 0 Å². The first-order valence-electron chi connectivity index (χ1n) is 8.52. The number of hydrogen-bond donors (Lipinski definition) is 0. The standard InChI is InChI=1S/C18H16N3O.BF4/c1-2-7-14(8-3-1)21-12-20-17(19-21)11-22-16-10-13-6-4-5-9-15(13)18(16)20;2-1(3,4)5/h1-9,12,16,18H,10-11H2;/q+1;-1. The van der Waals surface area contributed by atoms with Crippen LogP contribution in [0.25, 0.3) is 5.69 Å². The predicted octanol–water partition coefficient (Wildman–Crippen LogP) is 3.50. The van der Waals surface area contributed by atoms with Crippen molar-refractivity contribution >= 4 is 7.25 Å². The van der Waals surface area contributed by atoms with Crippen LogP contribution in [-0.2, 0) is 17.8 Å². The van der Waals surface area contributed by atoms with E-state index < -0.39 is 7.25 Å². The molecule has 2 heterocycles. The quantitative estimate of drug-likeness (QED) is 0.369. The van der Waals surface area contributed by atoms with E-state index in [1.807, 2.05) is 22.9 Å². The summed E-state index contributed by atoms with van der Waals surface area (Å²) >= 11 is 0. The summed E-state index contributed by atoms with van der Waals surface area (Å²) in [5, 5.41) is 4.71. The number of rotatable bonds is 1. The maximum Gasteiger partial charge on any atom is 0.673 e. The summed E-state index contributed by atoms with van der Waals surface area (Å²) in [7, 11) is -6.00. The fourth-order valence-corrected chi connectivity index (χ4v) is 3.63. The maximum atomic E-state index is 9.75. The molecule has 0 saturated carbocycles. The van der Waals surface area contributed by atoms with Crippen molar-refractivity contribution in [1.82, 2.24) is 9.78 Å². The van der Waals surface area contributed by atoms with E-state index in [9.17, 15) is 17.3 Å². The molecule has 9 heteroatoms. The van der Waals surface area contributed by atoms with Crippen LogP contribution in [0.15, 0.2) is 60.9 Å². The Morgan fingerprint density at radius 1 is 1.00 bits per heavy atom. The third-order valence-corrected chi connectivity index (χ3v) is 4.65. The number of nitrogens with zero attached hydrogens (tertiary/aromatic N) is 3. The molecule has 2 atom stereocenters. The first kappa shape index (κ1) is 17.7. The summed E-state index contributed by atoms with van der Waals surface area (Å²) in [6.07, 6.45) is 3.32. The average molecular weight is 377 g/mol. The van der Waals surface area contributed by atoms with Crippen LogP contribution in [-0.4, -0.2) is 23.1 Å². The molecular weight excluding hydrogens is 361 g/mol. The molecule has 4 nitrogen and oxygen atoms in total. The molecule has 0 N–H and O–H groups in total. The van der Waals surface area contributed by atoms with Crippen LogP contribution < -0.4 is 4.57 Å². The van der Waals surface area contributed by atoms with E-state index in [0.717, 1.165) is 17.9 Å². The zero-order valence-electron chi connectivity index (χ0n) is 14.2. The maximum absolute atomic E-state index is 9.75. The van der Waals surface area contributed by atoms with E-state index in [0.29, 0.717) is 6.61 Å². The second-order valence-electron chi connectivity index (χ2n) is 6.41. The van der Waals surface area contributed by atoms with Crippen molar-refractivity contribution in [1.29, 1.82) is 0 Å². The fourth-order valence-electron chi connectivity index (χ4n) is 3.63. The Labute approximate surface area is 153 Å². The van der Waals surface area contributed by atoms with Gasteiger partial charge in [0, 0.05) is 11.5 Å². The SMILES string of the molecule is F[B-](F)(F)F.c1ccc(-n2c[n+]3c(n2)COC2Cc4ccccc4C23)cc1. The van der Waals surface area contributed by atoms with Crippen molar-refractivity contribution in [2.45, 2.75) is 25.2 Å². The van der Waals surface area contributed by atoms with Gasteiger partial charge in [0.25, 0.3) is 0 Å². The van der Waals surface area contributed by atoms with Gasteiger partial charge in [0.05, 0.1) is 0 Å². The number of fused-ring (bicyclic) bond motifs is 5. The minimum Gasteiger partial charge on any atom is -0.418 e. The van der Waals surface area contributed by atoms with Crippen LogP contribution in [0.3, 0.4) is 0 Å². The minimum absolute atomic E-state index is 0.225. The van der Waals surface area contributed by atoms with Crippen molar-refractivity contribution in [3.8, 4) is 5.69 Å². The van der Waals surface area contributed by atoms with Gasteiger partial charge in [-0.25, -0.2) is 4.57 Å². The van der Waals surface area contributed by atoms with Crippen LogP contribution in [0.1, 0.15) is 23.0 Å². The number of para-hydroxylation sites is 1. The molecule has 0 radical (unpaired) electrons. The van der Waals surface area contributed by atoms with Gasteiger partial charge in [-0.1, -0.05) is 47.1 Å². The van der Waals surface area contributed by atoms with Gasteiger partial charge in [0.1, 0.15) is 24.4 Å². The molecule has 1 aromatic heterocycles. The Hall–Kier alpha value is -2.68. The molecule has 2 unspecified atom stereocenters.